The molecule has 2 aromatic rings. The number of aromatic nitrogens is 2. The molecule has 0 radical (unpaired) electrons. The summed E-state index contributed by atoms with van der Waals surface area (Å²) in [5.74, 6) is 1.50. The van der Waals surface area contributed by atoms with Gasteiger partial charge < -0.3 is 9.84 Å². The van der Waals surface area contributed by atoms with E-state index in [2.05, 4.69) is 33.8 Å². The van der Waals surface area contributed by atoms with E-state index in [1.165, 1.54) is 11.3 Å². The third-order valence-electron chi connectivity index (χ3n) is 3.22. The first kappa shape index (κ1) is 10.9. The molecule has 2 aromatic heterocycles. The molecule has 1 N–H and O–H groups in total. The largest absolute Gasteiger partial charge is 0.337 e. The summed E-state index contributed by atoms with van der Waals surface area (Å²) >= 11 is 1.72. The molecule has 17 heavy (non-hydrogen) atoms. The highest BCUT2D eigenvalue weighted by atomic mass is 32.1. The maximum Gasteiger partial charge on any atom is 0.246 e. The van der Waals surface area contributed by atoms with Gasteiger partial charge in [0.15, 0.2) is 5.82 Å². The van der Waals surface area contributed by atoms with Crippen LogP contribution < -0.4 is 5.32 Å². The molecule has 0 bridgehead atoms. The molecule has 4 nitrogen and oxygen atoms in total. The Balaban J connectivity index is 1.78. The van der Waals surface area contributed by atoms with Gasteiger partial charge in [0.1, 0.15) is 0 Å². The van der Waals surface area contributed by atoms with Crippen molar-refractivity contribution in [2.45, 2.75) is 31.7 Å². The van der Waals surface area contributed by atoms with E-state index in [1.807, 2.05) is 6.07 Å². The van der Waals surface area contributed by atoms with Crippen LogP contribution in [0.4, 0.5) is 0 Å². The predicted molar refractivity (Wildman–Crippen MR) is 66.0 cm³/mol. The lowest BCUT2D eigenvalue weighted by molar-refractivity contribution is 0.274. The SMILES string of the molecule is CC1(c2nc(Cc3cccs3)no2)CCCN1. The Morgan fingerprint density at radius 3 is 3.24 bits per heavy atom. The van der Waals surface area contributed by atoms with Crippen LogP contribution >= 0.6 is 11.3 Å². The van der Waals surface area contributed by atoms with E-state index in [4.69, 9.17) is 4.52 Å². The van der Waals surface area contributed by atoms with Crippen LogP contribution in [0.2, 0.25) is 0 Å². The Bertz CT molecular complexity index is 486. The van der Waals surface area contributed by atoms with Crippen molar-refractivity contribution >= 4 is 11.3 Å². The highest BCUT2D eigenvalue weighted by molar-refractivity contribution is 7.09. The van der Waals surface area contributed by atoms with Crippen LogP contribution in [0.3, 0.4) is 0 Å². The summed E-state index contributed by atoms with van der Waals surface area (Å²) in [4.78, 5) is 5.77. The van der Waals surface area contributed by atoms with Gasteiger partial charge in [0.25, 0.3) is 0 Å². The summed E-state index contributed by atoms with van der Waals surface area (Å²) in [6.07, 6.45) is 2.99. The van der Waals surface area contributed by atoms with Crippen molar-refractivity contribution in [3.8, 4) is 0 Å². The quantitative estimate of drug-likeness (QED) is 0.907. The van der Waals surface area contributed by atoms with Crippen molar-refractivity contribution in [2.24, 2.45) is 0 Å². The molecule has 3 heterocycles. The van der Waals surface area contributed by atoms with Crippen LogP contribution in [0.1, 0.15) is 36.4 Å². The Morgan fingerprint density at radius 2 is 2.53 bits per heavy atom. The van der Waals surface area contributed by atoms with Gasteiger partial charge in [-0.15, -0.1) is 11.3 Å². The van der Waals surface area contributed by atoms with E-state index in [9.17, 15) is 0 Å². The van der Waals surface area contributed by atoms with Crippen molar-refractivity contribution in [3.63, 3.8) is 0 Å². The minimum atomic E-state index is -0.124. The van der Waals surface area contributed by atoms with Gasteiger partial charge in [0, 0.05) is 11.3 Å². The number of nitrogens with one attached hydrogen (secondary N) is 1. The zero-order valence-electron chi connectivity index (χ0n) is 9.77. The second kappa shape index (κ2) is 4.23. The molecular formula is C12H15N3OS. The molecular weight excluding hydrogens is 234 g/mol. The Hall–Kier alpha value is -1.20. The fourth-order valence-electron chi connectivity index (χ4n) is 2.20. The minimum absolute atomic E-state index is 0.124. The van der Waals surface area contributed by atoms with Gasteiger partial charge in [0.2, 0.25) is 5.89 Å². The van der Waals surface area contributed by atoms with Crippen LogP contribution in [-0.2, 0) is 12.0 Å². The third-order valence-corrected chi connectivity index (χ3v) is 4.10. The van der Waals surface area contributed by atoms with Gasteiger partial charge >= 0.3 is 0 Å². The smallest absolute Gasteiger partial charge is 0.246 e. The van der Waals surface area contributed by atoms with Crippen LogP contribution in [-0.4, -0.2) is 16.7 Å². The van der Waals surface area contributed by atoms with Gasteiger partial charge in [-0.3, -0.25) is 0 Å². The highest BCUT2D eigenvalue weighted by Crippen LogP contribution is 2.29. The van der Waals surface area contributed by atoms with Crippen molar-refractivity contribution < 1.29 is 4.52 Å². The number of nitrogens with zero attached hydrogens (tertiary/aromatic N) is 2. The standard InChI is InChI=1S/C12H15N3OS/c1-12(5-3-6-13-12)11-14-10(15-16-11)8-9-4-2-7-17-9/h2,4,7,13H,3,5-6,8H2,1H3. The molecule has 5 heteroatoms. The second-order valence-electron chi connectivity index (χ2n) is 4.63. The lowest BCUT2D eigenvalue weighted by Gasteiger charge is -2.18. The van der Waals surface area contributed by atoms with Gasteiger partial charge in [-0.05, 0) is 37.8 Å². The summed E-state index contributed by atoms with van der Waals surface area (Å²) in [5.41, 5.74) is -0.124. The summed E-state index contributed by atoms with van der Waals surface area (Å²) in [7, 11) is 0. The predicted octanol–water partition coefficient (Wildman–Crippen LogP) is 2.32. The fourth-order valence-corrected chi connectivity index (χ4v) is 2.90. The summed E-state index contributed by atoms with van der Waals surface area (Å²) in [5, 5.41) is 9.55. The number of hydrogen-bond donors (Lipinski definition) is 1. The molecule has 0 aliphatic carbocycles. The first-order valence-corrected chi connectivity index (χ1v) is 6.75. The lowest BCUT2D eigenvalue weighted by Crippen LogP contribution is -2.33. The first-order chi connectivity index (χ1) is 8.26. The van der Waals surface area contributed by atoms with E-state index in [-0.39, 0.29) is 5.54 Å². The molecule has 3 rings (SSSR count). The van der Waals surface area contributed by atoms with Crippen LogP contribution in [0, 0.1) is 0 Å². The van der Waals surface area contributed by atoms with E-state index < -0.39 is 0 Å². The van der Waals surface area contributed by atoms with Crippen LogP contribution in [0.5, 0.6) is 0 Å². The van der Waals surface area contributed by atoms with Crippen molar-refractivity contribution in [2.75, 3.05) is 6.54 Å². The van der Waals surface area contributed by atoms with Crippen molar-refractivity contribution in [1.82, 2.24) is 15.5 Å². The van der Waals surface area contributed by atoms with E-state index in [0.29, 0.717) is 0 Å². The molecule has 0 spiro atoms. The summed E-state index contributed by atoms with van der Waals surface area (Å²) in [6, 6.07) is 4.14. The lowest BCUT2D eigenvalue weighted by atomic mass is 10.0. The van der Waals surface area contributed by atoms with E-state index in [0.717, 1.165) is 31.1 Å². The fraction of sp³-hybridized carbons (Fsp3) is 0.500. The topological polar surface area (TPSA) is 51.0 Å². The maximum atomic E-state index is 5.38. The molecule has 1 aliphatic heterocycles. The molecule has 1 unspecified atom stereocenters. The van der Waals surface area contributed by atoms with Gasteiger partial charge in [-0.25, -0.2) is 0 Å². The van der Waals surface area contributed by atoms with Crippen LogP contribution in [0.25, 0.3) is 0 Å². The molecule has 0 aromatic carbocycles. The molecule has 1 atom stereocenters. The monoisotopic (exact) mass is 249 g/mol. The maximum absolute atomic E-state index is 5.38. The number of thiophene rings is 1. The third kappa shape index (κ3) is 2.12. The van der Waals surface area contributed by atoms with Gasteiger partial charge in [-0.2, -0.15) is 4.98 Å². The Labute approximate surface area is 104 Å². The molecule has 1 saturated heterocycles. The van der Waals surface area contributed by atoms with Crippen molar-refractivity contribution in [3.05, 3.63) is 34.1 Å². The van der Waals surface area contributed by atoms with Gasteiger partial charge in [-0.1, -0.05) is 11.2 Å². The van der Waals surface area contributed by atoms with E-state index in [1.54, 1.807) is 11.3 Å². The summed E-state index contributed by atoms with van der Waals surface area (Å²) < 4.78 is 5.38. The Morgan fingerprint density at radius 1 is 1.59 bits per heavy atom. The van der Waals surface area contributed by atoms with E-state index >= 15 is 0 Å². The first-order valence-electron chi connectivity index (χ1n) is 5.87. The average molecular weight is 249 g/mol. The molecule has 0 amide bonds. The Kier molecular flexibility index (Phi) is 2.72. The molecule has 0 saturated carbocycles. The highest BCUT2D eigenvalue weighted by Gasteiger charge is 2.35. The minimum Gasteiger partial charge on any atom is -0.337 e. The second-order valence-corrected chi connectivity index (χ2v) is 5.67. The summed E-state index contributed by atoms with van der Waals surface area (Å²) in [6.45, 7) is 3.15. The normalized spacial score (nSPS) is 24.3. The van der Waals surface area contributed by atoms with Gasteiger partial charge in [0.05, 0.1) is 5.54 Å². The van der Waals surface area contributed by atoms with Crippen molar-refractivity contribution in [1.29, 1.82) is 0 Å². The molecule has 90 valence electrons. The average Bonchev–Trinajstić information content (AvgIpc) is 3.00. The zero-order valence-corrected chi connectivity index (χ0v) is 10.6. The molecule has 1 fully saturated rings. The number of rotatable bonds is 3. The van der Waals surface area contributed by atoms with Crippen LogP contribution in [0.15, 0.2) is 22.0 Å². The molecule has 1 aliphatic rings. The number of hydrogen-bond acceptors (Lipinski definition) is 5. The zero-order chi connectivity index (χ0) is 11.7.